The van der Waals surface area contributed by atoms with Crippen LogP contribution < -0.4 is 10.1 Å². The second kappa shape index (κ2) is 6.01. The van der Waals surface area contributed by atoms with E-state index in [1.165, 1.54) is 32.8 Å². The molecule has 0 spiro atoms. The van der Waals surface area contributed by atoms with Crippen molar-refractivity contribution in [2.45, 2.75) is 32.2 Å². The summed E-state index contributed by atoms with van der Waals surface area (Å²) in [4.78, 5) is 0. The first-order chi connectivity index (χ1) is 8.31. The van der Waals surface area contributed by atoms with Crippen LogP contribution in [0.25, 0.3) is 0 Å². The van der Waals surface area contributed by atoms with Crippen molar-refractivity contribution in [1.82, 2.24) is 5.32 Å². The molecule has 1 aromatic rings. The van der Waals surface area contributed by atoms with E-state index >= 15 is 0 Å². The number of nitrogens with one attached hydrogen (secondary N) is 1. The summed E-state index contributed by atoms with van der Waals surface area (Å²) in [6.07, 6.45) is 5.32. The van der Waals surface area contributed by atoms with Gasteiger partial charge in [0.1, 0.15) is 0 Å². The molecule has 0 amide bonds. The van der Waals surface area contributed by atoms with Gasteiger partial charge in [-0.3, -0.25) is 0 Å². The molecule has 2 nitrogen and oxygen atoms in total. The molecule has 94 valence electrons. The van der Waals surface area contributed by atoms with E-state index in [2.05, 4.69) is 5.32 Å². The van der Waals surface area contributed by atoms with Crippen LogP contribution in [0.15, 0.2) is 18.2 Å². The van der Waals surface area contributed by atoms with Gasteiger partial charge in [-0.25, -0.2) is 4.39 Å². The monoisotopic (exact) mass is 237 g/mol. The first-order valence-electron chi connectivity index (χ1n) is 6.33. The van der Waals surface area contributed by atoms with Gasteiger partial charge in [-0.2, -0.15) is 0 Å². The van der Waals surface area contributed by atoms with Gasteiger partial charge in [-0.15, -0.1) is 0 Å². The highest BCUT2D eigenvalue weighted by atomic mass is 19.1. The number of hydrogen-bond donors (Lipinski definition) is 1. The Labute approximate surface area is 102 Å². The summed E-state index contributed by atoms with van der Waals surface area (Å²) in [7, 11) is 1.49. The van der Waals surface area contributed by atoms with Gasteiger partial charge >= 0.3 is 0 Å². The lowest BCUT2D eigenvalue weighted by atomic mass is 10.2. The number of methoxy groups -OCH3 is 1. The molecule has 2 rings (SSSR count). The third kappa shape index (κ3) is 3.70. The van der Waals surface area contributed by atoms with Crippen molar-refractivity contribution in [3.63, 3.8) is 0 Å². The van der Waals surface area contributed by atoms with Crippen LogP contribution in [-0.2, 0) is 6.54 Å². The fourth-order valence-electron chi connectivity index (χ4n) is 2.00. The predicted octanol–water partition coefficient (Wildman–Crippen LogP) is 3.11. The van der Waals surface area contributed by atoms with Crippen LogP contribution in [0.4, 0.5) is 4.39 Å². The van der Waals surface area contributed by atoms with Crippen molar-refractivity contribution >= 4 is 0 Å². The Kier molecular flexibility index (Phi) is 4.37. The molecule has 0 heterocycles. The summed E-state index contributed by atoms with van der Waals surface area (Å²) in [6, 6.07) is 5.26. The first kappa shape index (κ1) is 12.4. The Balaban J connectivity index is 1.73. The van der Waals surface area contributed by atoms with Crippen LogP contribution in [-0.4, -0.2) is 13.7 Å². The molecule has 3 heteroatoms. The van der Waals surface area contributed by atoms with Crippen molar-refractivity contribution in [3.05, 3.63) is 29.6 Å². The molecular weight excluding hydrogens is 217 g/mol. The molecule has 1 saturated carbocycles. The van der Waals surface area contributed by atoms with E-state index in [9.17, 15) is 4.39 Å². The van der Waals surface area contributed by atoms with E-state index in [1.807, 2.05) is 6.07 Å². The second-order valence-corrected chi connectivity index (χ2v) is 4.70. The topological polar surface area (TPSA) is 21.3 Å². The van der Waals surface area contributed by atoms with Crippen molar-refractivity contribution in [3.8, 4) is 5.75 Å². The minimum Gasteiger partial charge on any atom is -0.494 e. The standard InChI is InChI=1S/C14H20FNO/c1-17-13-6-2-5-12(14(13)15)10-16-9-3-4-11-7-8-11/h2,5-6,11,16H,3-4,7-10H2,1H3. The maximum atomic E-state index is 13.8. The van der Waals surface area contributed by atoms with Crippen LogP contribution >= 0.6 is 0 Å². The number of rotatable bonds is 7. The van der Waals surface area contributed by atoms with Crippen molar-refractivity contribution in [1.29, 1.82) is 0 Å². The quantitative estimate of drug-likeness (QED) is 0.736. The molecule has 0 atom stereocenters. The van der Waals surface area contributed by atoms with Crippen LogP contribution in [0.1, 0.15) is 31.2 Å². The molecular formula is C14H20FNO. The summed E-state index contributed by atoms with van der Waals surface area (Å²) < 4.78 is 18.7. The largest absolute Gasteiger partial charge is 0.494 e. The molecule has 1 aromatic carbocycles. The Morgan fingerprint density at radius 2 is 2.24 bits per heavy atom. The molecule has 0 aromatic heterocycles. The molecule has 0 saturated heterocycles. The van der Waals surface area contributed by atoms with Crippen LogP contribution in [0.3, 0.4) is 0 Å². The molecule has 1 aliphatic carbocycles. The van der Waals surface area contributed by atoms with E-state index in [-0.39, 0.29) is 5.82 Å². The third-order valence-corrected chi connectivity index (χ3v) is 3.24. The van der Waals surface area contributed by atoms with Gasteiger partial charge in [0, 0.05) is 12.1 Å². The maximum absolute atomic E-state index is 13.8. The fourth-order valence-corrected chi connectivity index (χ4v) is 2.00. The summed E-state index contributed by atoms with van der Waals surface area (Å²) in [5, 5.41) is 3.28. The predicted molar refractivity (Wildman–Crippen MR) is 66.6 cm³/mol. The molecule has 1 fully saturated rings. The smallest absolute Gasteiger partial charge is 0.169 e. The van der Waals surface area contributed by atoms with Gasteiger partial charge in [-0.1, -0.05) is 25.0 Å². The average Bonchev–Trinajstić information content (AvgIpc) is 3.15. The average molecular weight is 237 g/mol. The lowest BCUT2D eigenvalue weighted by molar-refractivity contribution is 0.383. The third-order valence-electron chi connectivity index (χ3n) is 3.24. The van der Waals surface area contributed by atoms with E-state index in [1.54, 1.807) is 12.1 Å². The highest BCUT2D eigenvalue weighted by Gasteiger charge is 2.19. The molecule has 0 aliphatic heterocycles. The summed E-state index contributed by atoms with van der Waals surface area (Å²) in [5.74, 6) is 1.05. The fraction of sp³-hybridized carbons (Fsp3) is 0.571. The van der Waals surface area contributed by atoms with E-state index < -0.39 is 0 Å². The van der Waals surface area contributed by atoms with Crippen molar-refractivity contribution in [2.75, 3.05) is 13.7 Å². The Hall–Kier alpha value is -1.09. The lowest BCUT2D eigenvalue weighted by Gasteiger charge is -2.08. The molecule has 17 heavy (non-hydrogen) atoms. The molecule has 0 bridgehead atoms. The minimum atomic E-state index is -0.246. The maximum Gasteiger partial charge on any atom is 0.169 e. The molecule has 1 aliphatic rings. The van der Waals surface area contributed by atoms with Crippen LogP contribution in [0.2, 0.25) is 0 Å². The Morgan fingerprint density at radius 3 is 2.94 bits per heavy atom. The van der Waals surface area contributed by atoms with Gasteiger partial charge < -0.3 is 10.1 Å². The second-order valence-electron chi connectivity index (χ2n) is 4.70. The van der Waals surface area contributed by atoms with Gasteiger partial charge in [0.2, 0.25) is 0 Å². The molecule has 0 radical (unpaired) electrons. The highest BCUT2D eigenvalue weighted by Crippen LogP contribution is 2.33. The highest BCUT2D eigenvalue weighted by molar-refractivity contribution is 5.30. The minimum absolute atomic E-state index is 0.246. The summed E-state index contributed by atoms with van der Waals surface area (Å²) >= 11 is 0. The SMILES string of the molecule is COc1cccc(CNCCCC2CC2)c1F. The van der Waals surface area contributed by atoms with E-state index in [4.69, 9.17) is 4.74 Å². The van der Waals surface area contributed by atoms with E-state index in [0.717, 1.165) is 12.5 Å². The van der Waals surface area contributed by atoms with Gasteiger partial charge in [0.05, 0.1) is 7.11 Å². The van der Waals surface area contributed by atoms with Crippen molar-refractivity contribution in [2.24, 2.45) is 5.92 Å². The van der Waals surface area contributed by atoms with Gasteiger partial charge in [0.25, 0.3) is 0 Å². The van der Waals surface area contributed by atoms with Crippen LogP contribution in [0, 0.1) is 11.7 Å². The first-order valence-corrected chi connectivity index (χ1v) is 6.33. The summed E-state index contributed by atoms with van der Waals surface area (Å²) in [5.41, 5.74) is 0.677. The number of ether oxygens (including phenoxy) is 1. The number of hydrogen-bond acceptors (Lipinski definition) is 2. The molecule has 1 N–H and O–H groups in total. The zero-order chi connectivity index (χ0) is 12.1. The number of benzene rings is 1. The van der Waals surface area contributed by atoms with Crippen LogP contribution in [0.5, 0.6) is 5.75 Å². The Bertz CT molecular complexity index is 363. The molecule has 0 unspecified atom stereocenters. The Morgan fingerprint density at radius 1 is 1.41 bits per heavy atom. The van der Waals surface area contributed by atoms with E-state index in [0.29, 0.717) is 17.9 Å². The van der Waals surface area contributed by atoms with Gasteiger partial charge in [-0.05, 0) is 31.4 Å². The lowest BCUT2D eigenvalue weighted by Crippen LogP contribution is -2.16. The van der Waals surface area contributed by atoms with Crippen molar-refractivity contribution < 1.29 is 9.13 Å². The zero-order valence-corrected chi connectivity index (χ0v) is 10.3. The normalized spacial score (nSPS) is 14.9. The zero-order valence-electron chi connectivity index (χ0n) is 10.3. The summed E-state index contributed by atoms with van der Waals surface area (Å²) in [6.45, 7) is 1.54. The van der Waals surface area contributed by atoms with Gasteiger partial charge in [0.15, 0.2) is 11.6 Å². The number of halogens is 1.